The van der Waals surface area contributed by atoms with Crippen LogP contribution in [0.2, 0.25) is 0 Å². The van der Waals surface area contributed by atoms with Gasteiger partial charge in [-0.2, -0.15) is 0 Å². The first-order chi connectivity index (χ1) is 4.35. The maximum atomic E-state index is 13.0. The summed E-state index contributed by atoms with van der Waals surface area (Å²) in [7, 11) is -1.82. The van der Waals surface area contributed by atoms with Crippen LogP contribution in [-0.4, -0.2) is 44.7 Å². The van der Waals surface area contributed by atoms with Gasteiger partial charge in [-0.3, -0.25) is 4.90 Å². The van der Waals surface area contributed by atoms with Crippen LogP contribution >= 0.6 is 0 Å². The van der Waals surface area contributed by atoms with Gasteiger partial charge in [-0.25, -0.2) is 12.8 Å². The zero-order valence-electron chi connectivity index (χ0n) is 5.96. The van der Waals surface area contributed by atoms with Crippen LogP contribution < -0.4 is 0 Å². The molecule has 0 saturated carbocycles. The minimum absolute atomic E-state index is 0.00579. The topological polar surface area (TPSA) is 37.4 Å². The van der Waals surface area contributed by atoms with Crippen LogP contribution in [0.3, 0.4) is 0 Å². The van der Waals surface area contributed by atoms with Crippen molar-refractivity contribution in [3.05, 3.63) is 0 Å². The molecule has 1 aliphatic rings. The van der Waals surface area contributed by atoms with Crippen LogP contribution in [0.15, 0.2) is 0 Å². The Morgan fingerprint density at radius 1 is 1.50 bits per heavy atom. The summed E-state index contributed by atoms with van der Waals surface area (Å²) in [6.45, 7) is 0.0116. The fourth-order valence-electron chi connectivity index (χ4n) is 0.994. The van der Waals surface area contributed by atoms with Gasteiger partial charge in [-0.15, -0.1) is 0 Å². The Morgan fingerprint density at radius 3 is 2.00 bits per heavy atom. The Labute approximate surface area is 59.7 Å². The highest BCUT2D eigenvalue weighted by atomic mass is 32.2. The van der Waals surface area contributed by atoms with E-state index in [1.165, 1.54) is 0 Å². The van der Waals surface area contributed by atoms with Crippen molar-refractivity contribution < 1.29 is 12.8 Å². The van der Waals surface area contributed by atoms with E-state index in [1.54, 1.807) is 11.9 Å². The third kappa shape index (κ3) is 1.03. The van der Waals surface area contributed by atoms with Crippen LogP contribution in [0.4, 0.5) is 4.39 Å². The van der Waals surface area contributed by atoms with Crippen molar-refractivity contribution in [2.24, 2.45) is 0 Å². The van der Waals surface area contributed by atoms with Gasteiger partial charge in [0, 0.05) is 19.3 Å². The summed E-state index contributed by atoms with van der Waals surface area (Å²) >= 11 is 0. The van der Waals surface area contributed by atoms with Gasteiger partial charge in [-0.1, -0.05) is 0 Å². The standard InChI is InChI=1S/C5H10FNO2S/c1-7-3-5(6,4-7)10(2,8)9/h3-4H2,1-2H3. The quantitative estimate of drug-likeness (QED) is 0.535. The zero-order valence-corrected chi connectivity index (χ0v) is 6.78. The van der Waals surface area contributed by atoms with Gasteiger partial charge in [-0.05, 0) is 7.05 Å². The summed E-state index contributed by atoms with van der Waals surface area (Å²) in [5.74, 6) is 0. The van der Waals surface area contributed by atoms with Crippen molar-refractivity contribution in [2.45, 2.75) is 5.00 Å². The summed E-state index contributed by atoms with van der Waals surface area (Å²) in [6, 6.07) is 0. The van der Waals surface area contributed by atoms with Gasteiger partial charge in [0.1, 0.15) is 0 Å². The van der Waals surface area contributed by atoms with Gasteiger partial charge >= 0.3 is 0 Å². The zero-order chi connectivity index (χ0) is 7.99. The predicted molar refractivity (Wildman–Crippen MR) is 36.2 cm³/mol. The summed E-state index contributed by atoms with van der Waals surface area (Å²) in [4.78, 5) is 1.63. The third-order valence-corrected chi connectivity index (χ3v) is 3.26. The molecule has 3 nitrogen and oxygen atoms in total. The van der Waals surface area contributed by atoms with E-state index < -0.39 is 14.8 Å². The highest BCUT2D eigenvalue weighted by Gasteiger charge is 2.50. The normalized spacial score (nSPS) is 25.9. The van der Waals surface area contributed by atoms with Crippen molar-refractivity contribution in [1.82, 2.24) is 4.90 Å². The monoisotopic (exact) mass is 167 g/mol. The number of nitrogens with zero attached hydrogens (tertiary/aromatic N) is 1. The average molecular weight is 167 g/mol. The Balaban J connectivity index is 2.76. The first-order valence-corrected chi connectivity index (χ1v) is 4.81. The lowest BCUT2D eigenvalue weighted by atomic mass is 10.2. The lowest BCUT2D eigenvalue weighted by Crippen LogP contribution is -2.60. The molecule has 0 aliphatic carbocycles. The molecule has 0 N–H and O–H groups in total. The van der Waals surface area contributed by atoms with Crippen molar-refractivity contribution in [2.75, 3.05) is 26.4 Å². The molecule has 1 aliphatic heterocycles. The molecule has 0 unspecified atom stereocenters. The molecule has 0 bridgehead atoms. The highest BCUT2D eigenvalue weighted by Crippen LogP contribution is 2.28. The Bertz CT molecular complexity index is 230. The first-order valence-electron chi connectivity index (χ1n) is 2.92. The number of likely N-dealkylation sites (tertiary alicyclic amines) is 1. The van der Waals surface area contributed by atoms with Gasteiger partial charge < -0.3 is 0 Å². The van der Waals surface area contributed by atoms with E-state index in [2.05, 4.69) is 0 Å². The average Bonchev–Trinajstić information content (AvgIpc) is 1.58. The van der Waals surface area contributed by atoms with Crippen molar-refractivity contribution in [3.8, 4) is 0 Å². The number of alkyl halides is 1. The van der Waals surface area contributed by atoms with Crippen LogP contribution in [0.1, 0.15) is 0 Å². The number of halogens is 1. The third-order valence-electron chi connectivity index (χ3n) is 1.68. The fourth-order valence-corrected chi connectivity index (χ4v) is 1.90. The number of hydrogen-bond donors (Lipinski definition) is 0. The molecule has 1 heterocycles. The van der Waals surface area contributed by atoms with Crippen molar-refractivity contribution in [3.63, 3.8) is 0 Å². The van der Waals surface area contributed by atoms with Crippen LogP contribution in [-0.2, 0) is 9.84 Å². The number of sulfone groups is 1. The van der Waals surface area contributed by atoms with Crippen molar-refractivity contribution in [1.29, 1.82) is 0 Å². The molecular weight excluding hydrogens is 157 g/mol. The maximum absolute atomic E-state index is 13.0. The lowest BCUT2D eigenvalue weighted by Gasteiger charge is -2.40. The SMILES string of the molecule is CN1CC(F)(S(C)(=O)=O)C1. The number of rotatable bonds is 1. The molecule has 1 rings (SSSR count). The van der Waals surface area contributed by atoms with Gasteiger partial charge in [0.25, 0.3) is 0 Å². The molecule has 0 spiro atoms. The van der Waals surface area contributed by atoms with E-state index in [0.29, 0.717) is 0 Å². The largest absolute Gasteiger partial charge is 0.298 e. The first kappa shape index (κ1) is 7.94. The van der Waals surface area contributed by atoms with E-state index in [-0.39, 0.29) is 13.1 Å². The minimum atomic E-state index is -3.51. The fraction of sp³-hybridized carbons (Fsp3) is 1.00. The second kappa shape index (κ2) is 1.92. The minimum Gasteiger partial charge on any atom is -0.298 e. The predicted octanol–water partition coefficient (Wildman–Crippen LogP) is -0.358. The van der Waals surface area contributed by atoms with E-state index in [1.807, 2.05) is 0 Å². The highest BCUT2D eigenvalue weighted by molar-refractivity contribution is 7.92. The molecule has 1 saturated heterocycles. The smallest absolute Gasteiger partial charge is 0.235 e. The maximum Gasteiger partial charge on any atom is 0.235 e. The molecule has 60 valence electrons. The summed E-state index contributed by atoms with van der Waals surface area (Å²) in [5.41, 5.74) is 0. The molecule has 0 aromatic heterocycles. The van der Waals surface area contributed by atoms with Crippen LogP contribution in [0.5, 0.6) is 0 Å². The van der Waals surface area contributed by atoms with Gasteiger partial charge in [0.2, 0.25) is 5.00 Å². The summed E-state index contributed by atoms with van der Waals surface area (Å²) in [5, 5.41) is -1.97. The van der Waals surface area contributed by atoms with E-state index in [0.717, 1.165) is 6.26 Å². The molecule has 5 heteroatoms. The van der Waals surface area contributed by atoms with Crippen LogP contribution in [0.25, 0.3) is 0 Å². The Kier molecular flexibility index (Phi) is 1.52. The molecule has 0 atom stereocenters. The van der Waals surface area contributed by atoms with E-state index in [9.17, 15) is 12.8 Å². The molecular formula is C5H10FNO2S. The lowest BCUT2D eigenvalue weighted by molar-refractivity contribution is 0.0535. The summed E-state index contributed by atoms with van der Waals surface area (Å²) < 4.78 is 34.4. The molecule has 0 amide bonds. The molecule has 1 fully saturated rings. The molecule has 0 aromatic rings. The number of hydrogen-bond acceptors (Lipinski definition) is 3. The van der Waals surface area contributed by atoms with Crippen molar-refractivity contribution >= 4 is 9.84 Å². The van der Waals surface area contributed by atoms with E-state index in [4.69, 9.17) is 0 Å². The van der Waals surface area contributed by atoms with E-state index >= 15 is 0 Å². The second-order valence-corrected chi connectivity index (χ2v) is 5.10. The molecule has 0 aromatic carbocycles. The Morgan fingerprint density at radius 2 is 1.90 bits per heavy atom. The summed E-state index contributed by atoms with van der Waals surface area (Å²) in [6.07, 6.45) is 0.931. The molecule has 10 heavy (non-hydrogen) atoms. The second-order valence-electron chi connectivity index (χ2n) is 2.83. The molecule has 0 radical (unpaired) electrons. The van der Waals surface area contributed by atoms with Crippen LogP contribution in [0, 0.1) is 0 Å². The van der Waals surface area contributed by atoms with Gasteiger partial charge in [0.15, 0.2) is 9.84 Å². The Hall–Kier alpha value is -0.160. The van der Waals surface area contributed by atoms with Gasteiger partial charge in [0.05, 0.1) is 0 Å².